The van der Waals surface area contributed by atoms with Gasteiger partial charge in [-0.3, -0.25) is 0 Å². The monoisotopic (exact) mass is 375 g/mol. The van der Waals surface area contributed by atoms with Crippen LogP contribution in [0.1, 0.15) is 5.56 Å². The summed E-state index contributed by atoms with van der Waals surface area (Å²) in [5, 5.41) is 4.99. The molecule has 5 nitrogen and oxygen atoms in total. The van der Waals surface area contributed by atoms with E-state index in [1.807, 2.05) is 54.6 Å². The molecule has 0 bridgehead atoms. The second-order valence-electron chi connectivity index (χ2n) is 5.99. The van der Waals surface area contributed by atoms with Gasteiger partial charge in [0.05, 0.1) is 16.8 Å². The zero-order chi connectivity index (χ0) is 18.7. The number of sulfonamides is 1. The van der Waals surface area contributed by atoms with Gasteiger partial charge in [0.25, 0.3) is 10.0 Å². The minimum atomic E-state index is -3.70. The van der Waals surface area contributed by atoms with Crippen LogP contribution in [0.15, 0.2) is 94.9 Å². The fourth-order valence-electron chi connectivity index (χ4n) is 2.94. The van der Waals surface area contributed by atoms with Gasteiger partial charge < -0.3 is 4.98 Å². The molecule has 4 rings (SSSR count). The van der Waals surface area contributed by atoms with Gasteiger partial charge in [0.1, 0.15) is 0 Å². The van der Waals surface area contributed by atoms with Gasteiger partial charge in [-0.25, -0.2) is 4.83 Å². The van der Waals surface area contributed by atoms with Gasteiger partial charge >= 0.3 is 0 Å². The van der Waals surface area contributed by atoms with Crippen molar-refractivity contribution in [2.45, 2.75) is 4.90 Å². The molecule has 0 amide bonds. The van der Waals surface area contributed by atoms with Crippen LogP contribution in [0.3, 0.4) is 0 Å². The van der Waals surface area contributed by atoms with Gasteiger partial charge in [0, 0.05) is 16.5 Å². The zero-order valence-corrected chi connectivity index (χ0v) is 15.1. The van der Waals surface area contributed by atoms with Gasteiger partial charge in [0.2, 0.25) is 0 Å². The van der Waals surface area contributed by atoms with E-state index < -0.39 is 10.0 Å². The van der Waals surface area contributed by atoms with Crippen molar-refractivity contribution in [1.82, 2.24) is 9.82 Å². The Balaban J connectivity index is 1.72. The van der Waals surface area contributed by atoms with Crippen LogP contribution in [0.25, 0.3) is 22.2 Å². The summed E-state index contributed by atoms with van der Waals surface area (Å²) in [6.07, 6.45) is 1.54. The third-order valence-electron chi connectivity index (χ3n) is 4.23. The van der Waals surface area contributed by atoms with Gasteiger partial charge in [-0.05, 0) is 23.8 Å². The Hall–Kier alpha value is -3.38. The SMILES string of the molecule is O=S(=O)(N/N=C\c1c(-c2ccccc2)[nH]c2ccccc12)c1ccccc1. The highest BCUT2D eigenvalue weighted by Crippen LogP contribution is 2.28. The molecule has 3 aromatic carbocycles. The number of fused-ring (bicyclic) bond motifs is 1. The van der Waals surface area contributed by atoms with E-state index in [0.29, 0.717) is 0 Å². The quantitative estimate of drug-likeness (QED) is 0.406. The molecule has 2 N–H and O–H groups in total. The molecular formula is C21H17N3O2S. The molecule has 0 saturated carbocycles. The Morgan fingerprint density at radius 3 is 2.19 bits per heavy atom. The first kappa shape index (κ1) is 17.1. The fourth-order valence-corrected chi connectivity index (χ4v) is 3.76. The molecular weight excluding hydrogens is 358 g/mol. The van der Waals surface area contributed by atoms with E-state index in [9.17, 15) is 8.42 Å². The predicted octanol–water partition coefficient (Wildman–Crippen LogP) is 4.15. The lowest BCUT2D eigenvalue weighted by Gasteiger charge is -2.03. The van der Waals surface area contributed by atoms with Crippen LogP contribution in [-0.2, 0) is 10.0 Å². The number of para-hydroxylation sites is 1. The van der Waals surface area contributed by atoms with Crippen molar-refractivity contribution in [3.63, 3.8) is 0 Å². The van der Waals surface area contributed by atoms with Crippen LogP contribution in [-0.4, -0.2) is 19.6 Å². The van der Waals surface area contributed by atoms with Crippen LogP contribution >= 0.6 is 0 Å². The Bertz CT molecular complexity index is 1200. The third-order valence-corrected chi connectivity index (χ3v) is 5.47. The molecule has 0 unspecified atom stereocenters. The first-order valence-electron chi connectivity index (χ1n) is 8.41. The normalized spacial score (nSPS) is 11.9. The minimum Gasteiger partial charge on any atom is -0.354 e. The van der Waals surface area contributed by atoms with E-state index in [-0.39, 0.29) is 4.90 Å². The lowest BCUT2D eigenvalue weighted by Crippen LogP contribution is -2.18. The Labute approximate surface area is 157 Å². The second-order valence-corrected chi connectivity index (χ2v) is 7.65. The van der Waals surface area contributed by atoms with Crippen molar-refractivity contribution in [2.24, 2.45) is 5.10 Å². The maximum atomic E-state index is 12.3. The summed E-state index contributed by atoms with van der Waals surface area (Å²) >= 11 is 0. The molecule has 1 aromatic heterocycles. The zero-order valence-electron chi connectivity index (χ0n) is 14.3. The number of nitrogens with one attached hydrogen (secondary N) is 2. The average molecular weight is 375 g/mol. The molecule has 0 aliphatic heterocycles. The Morgan fingerprint density at radius 1 is 0.815 bits per heavy atom. The van der Waals surface area contributed by atoms with Crippen LogP contribution in [0.4, 0.5) is 0 Å². The molecule has 0 aliphatic carbocycles. The molecule has 0 saturated heterocycles. The van der Waals surface area contributed by atoms with E-state index in [2.05, 4.69) is 14.9 Å². The second kappa shape index (κ2) is 7.09. The van der Waals surface area contributed by atoms with E-state index in [1.165, 1.54) is 12.1 Å². The Morgan fingerprint density at radius 2 is 1.44 bits per heavy atom. The molecule has 4 aromatic rings. The smallest absolute Gasteiger partial charge is 0.276 e. The summed E-state index contributed by atoms with van der Waals surface area (Å²) in [5.74, 6) is 0. The van der Waals surface area contributed by atoms with Crippen LogP contribution in [0.5, 0.6) is 0 Å². The van der Waals surface area contributed by atoms with Crippen molar-refractivity contribution in [1.29, 1.82) is 0 Å². The fraction of sp³-hybridized carbons (Fsp3) is 0. The van der Waals surface area contributed by atoms with Gasteiger partial charge in [-0.15, -0.1) is 0 Å². The first-order chi connectivity index (χ1) is 13.1. The molecule has 134 valence electrons. The van der Waals surface area contributed by atoms with E-state index in [0.717, 1.165) is 27.7 Å². The number of H-pyrrole nitrogens is 1. The van der Waals surface area contributed by atoms with Gasteiger partial charge in [0.15, 0.2) is 0 Å². The number of benzene rings is 3. The standard InChI is InChI=1S/C21H17N3O2S/c25-27(26,17-11-5-2-6-12-17)24-22-15-19-18-13-7-8-14-20(18)23-21(19)16-9-3-1-4-10-16/h1-15,23-24H/b22-15-. The van der Waals surface area contributed by atoms with Crippen LogP contribution < -0.4 is 4.83 Å². The molecule has 6 heteroatoms. The first-order valence-corrected chi connectivity index (χ1v) is 9.89. The Kier molecular flexibility index (Phi) is 4.48. The van der Waals surface area contributed by atoms with E-state index in [1.54, 1.807) is 24.4 Å². The average Bonchev–Trinajstić information content (AvgIpc) is 3.08. The van der Waals surface area contributed by atoms with E-state index >= 15 is 0 Å². The molecule has 0 aliphatic rings. The molecule has 0 fully saturated rings. The summed E-state index contributed by atoms with van der Waals surface area (Å²) in [6.45, 7) is 0. The summed E-state index contributed by atoms with van der Waals surface area (Å²) in [4.78, 5) is 5.85. The number of hydrazone groups is 1. The number of hydrogen-bond acceptors (Lipinski definition) is 3. The summed E-state index contributed by atoms with van der Waals surface area (Å²) in [5.41, 5.74) is 3.68. The van der Waals surface area contributed by atoms with Crippen molar-refractivity contribution in [3.05, 3.63) is 90.5 Å². The molecule has 0 atom stereocenters. The summed E-state index contributed by atoms with van der Waals surface area (Å²) in [7, 11) is -3.70. The predicted molar refractivity (Wildman–Crippen MR) is 108 cm³/mol. The minimum absolute atomic E-state index is 0.171. The maximum Gasteiger partial charge on any atom is 0.276 e. The lowest BCUT2D eigenvalue weighted by molar-refractivity contribution is 0.584. The van der Waals surface area contributed by atoms with Gasteiger partial charge in [-0.2, -0.15) is 13.5 Å². The molecule has 27 heavy (non-hydrogen) atoms. The highest BCUT2D eigenvalue weighted by atomic mass is 32.2. The van der Waals surface area contributed by atoms with Crippen molar-refractivity contribution in [2.75, 3.05) is 0 Å². The topological polar surface area (TPSA) is 74.3 Å². The number of hydrogen-bond donors (Lipinski definition) is 2. The number of nitrogens with zero attached hydrogens (tertiary/aromatic N) is 1. The summed E-state index contributed by atoms with van der Waals surface area (Å²) < 4.78 is 24.7. The van der Waals surface area contributed by atoms with Crippen molar-refractivity contribution < 1.29 is 8.42 Å². The number of rotatable bonds is 5. The molecule has 0 spiro atoms. The van der Waals surface area contributed by atoms with Crippen molar-refractivity contribution >= 4 is 27.1 Å². The number of aromatic amines is 1. The van der Waals surface area contributed by atoms with Crippen LogP contribution in [0, 0.1) is 0 Å². The summed E-state index contributed by atoms with van der Waals surface area (Å²) in [6, 6.07) is 25.9. The van der Waals surface area contributed by atoms with Crippen molar-refractivity contribution in [3.8, 4) is 11.3 Å². The highest BCUT2D eigenvalue weighted by Gasteiger charge is 2.13. The highest BCUT2D eigenvalue weighted by molar-refractivity contribution is 7.89. The van der Waals surface area contributed by atoms with E-state index in [4.69, 9.17) is 0 Å². The largest absolute Gasteiger partial charge is 0.354 e. The van der Waals surface area contributed by atoms with Gasteiger partial charge in [-0.1, -0.05) is 66.7 Å². The molecule has 0 radical (unpaired) electrons. The molecule has 1 heterocycles. The number of aromatic nitrogens is 1. The maximum absolute atomic E-state index is 12.3. The third kappa shape index (κ3) is 3.47. The lowest BCUT2D eigenvalue weighted by atomic mass is 10.1. The van der Waals surface area contributed by atoms with Crippen LogP contribution in [0.2, 0.25) is 0 Å².